The van der Waals surface area contributed by atoms with Crippen LogP contribution in [0.25, 0.3) is 11.1 Å². The molecular weight excluding hydrogens is 375 g/mol. The van der Waals surface area contributed by atoms with Crippen LogP contribution in [0.3, 0.4) is 0 Å². The van der Waals surface area contributed by atoms with E-state index in [4.69, 9.17) is 9.84 Å². The minimum Gasteiger partial charge on any atom is -0.496 e. The fourth-order valence-electron chi connectivity index (χ4n) is 2.80. The van der Waals surface area contributed by atoms with E-state index in [1.807, 2.05) is 0 Å². The van der Waals surface area contributed by atoms with Crippen LogP contribution < -0.4 is 10.1 Å². The molecule has 2 aromatic carbocycles. The summed E-state index contributed by atoms with van der Waals surface area (Å²) in [5.41, 5.74) is 0.951. The molecule has 0 fully saturated rings. The number of benzene rings is 2. The van der Waals surface area contributed by atoms with Gasteiger partial charge in [-0.3, -0.25) is 9.59 Å². The number of rotatable bonds is 8. The zero-order valence-electron chi connectivity index (χ0n) is 15.4. The van der Waals surface area contributed by atoms with Crippen molar-refractivity contribution in [3.8, 4) is 16.9 Å². The topological polar surface area (TPSA) is 75.6 Å². The Morgan fingerprint density at radius 1 is 1.11 bits per heavy atom. The monoisotopic (exact) mass is 395 g/mol. The van der Waals surface area contributed by atoms with Crippen LogP contribution in [-0.2, 0) is 28.7 Å². The summed E-state index contributed by atoms with van der Waals surface area (Å²) < 4.78 is 44.7. The Morgan fingerprint density at radius 2 is 1.82 bits per heavy atom. The predicted octanol–water partition coefficient (Wildman–Crippen LogP) is 3.69. The van der Waals surface area contributed by atoms with Crippen LogP contribution in [0.2, 0.25) is 0 Å². The van der Waals surface area contributed by atoms with E-state index in [1.54, 1.807) is 18.2 Å². The average molecular weight is 395 g/mol. The summed E-state index contributed by atoms with van der Waals surface area (Å²) in [6, 6.07) is 8.07. The summed E-state index contributed by atoms with van der Waals surface area (Å²) in [6.07, 6.45) is -4.74. The molecular formula is C20H20F3NO4. The molecule has 0 radical (unpaired) electrons. The fourth-order valence-corrected chi connectivity index (χ4v) is 2.80. The fraction of sp³-hybridized carbons (Fsp3) is 0.300. The third-order valence-electron chi connectivity index (χ3n) is 4.03. The molecule has 8 heteroatoms. The number of carbonyl (C=O) groups is 2. The molecule has 0 saturated carbocycles. The van der Waals surface area contributed by atoms with Crippen LogP contribution >= 0.6 is 0 Å². The first-order valence-corrected chi connectivity index (χ1v) is 8.41. The molecule has 2 N–H and O–H groups in total. The molecule has 0 atom stereocenters. The Labute approximate surface area is 160 Å². The van der Waals surface area contributed by atoms with Gasteiger partial charge in [0.25, 0.3) is 0 Å². The predicted molar refractivity (Wildman–Crippen MR) is 97.2 cm³/mol. The smallest absolute Gasteiger partial charge is 0.416 e. The molecule has 28 heavy (non-hydrogen) atoms. The number of nitrogens with one attached hydrogen (secondary N) is 1. The Morgan fingerprint density at radius 3 is 2.39 bits per heavy atom. The maximum atomic E-state index is 13.1. The van der Waals surface area contributed by atoms with Gasteiger partial charge in [-0.05, 0) is 47.9 Å². The standard InChI is InChI=1S/C20H20F3NO4/c1-12(25)10-24-11-14-9-15(20(21,22)23)4-5-16(14)17-7-13(8-19(26)27)3-6-18(17)28-2/h3-7,9,24H,8,10-11H2,1-2H3,(H,26,27). The minimum absolute atomic E-state index is 0.0197. The van der Waals surface area contributed by atoms with E-state index in [0.717, 1.165) is 12.1 Å². The van der Waals surface area contributed by atoms with Crippen molar-refractivity contribution < 1.29 is 32.6 Å². The van der Waals surface area contributed by atoms with Crippen molar-refractivity contribution in [3.63, 3.8) is 0 Å². The van der Waals surface area contributed by atoms with Gasteiger partial charge < -0.3 is 15.2 Å². The Kier molecular flexibility index (Phi) is 6.80. The number of methoxy groups -OCH3 is 1. The molecule has 150 valence electrons. The number of ether oxygens (including phenoxy) is 1. The second-order valence-electron chi connectivity index (χ2n) is 6.28. The third kappa shape index (κ3) is 5.56. The van der Waals surface area contributed by atoms with Gasteiger partial charge in [-0.1, -0.05) is 12.1 Å². The normalized spacial score (nSPS) is 11.3. The molecule has 2 aromatic rings. The lowest BCUT2D eigenvalue weighted by molar-refractivity contribution is -0.138. The van der Waals surface area contributed by atoms with E-state index in [0.29, 0.717) is 28.0 Å². The molecule has 0 spiro atoms. The van der Waals surface area contributed by atoms with E-state index >= 15 is 0 Å². The van der Waals surface area contributed by atoms with E-state index in [1.165, 1.54) is 20.1 Å². The number of halogens is 3. The molecule has 0 amide bonds. The molecule has 0 aliphatic carbocycles. The lowest BCUT2D eigenvalue weighted by Gasteiger charge is -2.17. The maximum Gasteiger partial charge on any atom is 0.416 e. The highest BCUT2D eigenvalue weighted by atomic mass is 19.4. The van der Waals surface area contributed by atoms with Crippen molar-refractivity contribution in [2.24, 2.45) is 0 Å². The van der Waals surface area contributed by atoms with E-state index in [-0.39, 0.29) is 25.3 Å². The first kappa shape index (κ1) is 21.4. The molecule has 2 rings (SSSR count). The summed E-state index contributed by atoms with van der Waals surface area (Å²) in [5.74, 6) is -0.761. The van der Waals surface area contributed by atoms with Crippen molar-refractivity contribution in [3.05, 3.63) is 53.1 Å². The Balaban J connectivity index is 2.55. The molecule has 0 aliphatic rings. The SMILES string of the molecule is COc1ccc(CC(=O)O)cc1-c1ccc(C(F)(F)F)cc1CNCC(C)=O. The van der Waals surface area contributed by atoms with E-state index < -0.39 is 17.7 Å². The largest absolute Gasteiger partial charge is 0.496 e. The van der Waals surface area contributed by atoms with Gasteiger partial charge in [-0.15, -0.1) is 0 Å². The first-order chi connectivity index (χ1) is 13.1. The summed E-state index contributed by atoms with van der Waals surface area (Å²) in [7, 11) is 1.42. The minimum atomic E-state index is -4.51. The molecule has 5 nitrogen and oxygen atoms in total. The van der Waals surface area contributed by atoms with Crippen molar-refractivity contribution in [2.75, 3.05) is 13.7 Å². The van der Waals surface area contributed by atoms with Crippen LogP contribution in [0.15, 0.2) is 36.4 Å². The number of carboxylic acids is 1. The van der Waals surface area contributed by atoms with Gasteiger partial charge in [0.1, 0.15) is 11.5 Å². The number of carboxylic acid groups (broad SMARTS) is 1. The van der Waals surface area contributed by atoms with Crippen LogP contribution in [0.5, 0.6) is 5.75 Å². The molecule has 0 saturated heterocycles. The second-order valence-corrected chi connectivity index (χ2v) is 6.28. The van der Waals surface area contributed by atoms with Gasteiger partial charge in [0, 0.05) is 12.1 Å². The highest BCUT2D eigenvalue weighted by molar-refractivity contribution is 5.78. The zero-order valence-corrected chi connectivity index (χ0v) is 15.4. The molecule has 0 unspecified atom stereocenters. The number of hydrogen-bond acceptors (Lipinski definition) is 4. The first-order valence-electron chi connectivity index (χ1n) is 8.41. The lowest BCUT2D eigenvalue weighted by atomic mass is 9.94. The Bertz CT molecular complexity index is 878. The molecule has 0 heterocycles. The van der Waals surface area contributed by atoms with Crippen LogP contribution in [-0.4, -0.2) is 30.5 Å². The molecule has 0 aromatic heterocycles. The summed E-state index contributed by atoms with van der Waals surface area (Å²) in [6.45, 7) is 1.43. The van der Waals surface area contributed by atoms with Crippen molar-refractivity contribution in [2.45, 2.75) is 26.1 Å². The number of aliphatic carboxylic acids is 1. The summed E-state index contributed by atoms with van der Waals surface area (Å²) in [5, 5.41) is 11.8. The number of hydrogen-bond donors (Lipinski definition) is 2. The van der Waals surface area contributed by atoms with Crippen molar-refractivity contribution in [1.82, 2.24) is 5.32 Å². The van der Waals surface area contributed by atoms with Gasteiger partial charge in [0.05, 0.1) is 25.6 Å². The summed E-state index contributed by atoms with van der Waals surface area (Å²) in [4.78, 5) is 22.1. The maximum absolute atomic E-state index is 13.1. The van der Waals surface area contributed by atoms with E-state index in [2.05, 4.69) is 5.32 Å². The summed E-state index contributed by atoms with van der Waals surface area (Å²) >= 11 is 0. The van der Waals surface area contributed by atoms with Crippen LogP contribution in [0.1, 0.15) is 23.6 Å². The highest BCUT2D eigenvalue weighted by Crippen LogP contribution is 2.37. The van der Waals surface area contributed by atoms with E-state index in [9.17, 15) is 22.8 Å². The average Bonchev–Trinajstić information content (AvgIpc) is 2.60. The second kappa shape index (κ2) is 8.88. The van der Waals surface area contributed by atoms with Gasteiger partial charge in [-0.25, -0.2) is 0 Å². The zero-order chi connectivity index (χ0) is 20.9. The highest BCUT2D eigenvalue weighted by Gasteiger charge is 2.31. The number of Topliss-reactive ketones (excluding diaryl/α,β-unsaturated/α-hetero) is 1. The number of carbonyl (C=O) groups excluding carboxylic acids is 1. The van der Waals surface area contributed by atoms with Crippen LogP contribution in [0, 0.1) is 0 Å². The van der Waals surface area contributed by atoms with Gasteiger partial charge in [0.15, 0.2) is 0 Å². The van der Waals surface area contributed by atoms with Crippen LogP contribution in [0.4, 0.5) is 13.2 Å². The van der Waals surface area contributed by atoms with Crippen molar-refractivity contribution >= 4 is 11.8 Å². The third-order valence-corrected chi connectivity index (χ3v) is 4.03. The van der Waals surface area contributed by atoms with Gasteiger partial charge >= 0.3 is 12.1 Å². The molecule has 0 bridgehead atoms. The lowest BCUT2D eigenvalue weighted by Crippen LogP contribution is -2.21. The quantitative estimate of drug-likeness (QED) is 0.713. The van der Waals surface area contributed by atoms with Gasteiger partial charge in [-0.2, -0.15) is 13.2 Å². The van der Waals surface area contributed by atoms with Crippen molar-refractivity contribution in [1.29, 1.82) is 0 Å². The molecule has 0 aliphatic heterocycles. The Hall–Kier alpha value is -2.87. The number of ketones is 1. The van der Waals surface area contributed by atoms with Gasteiger partial charge in [0.2, 0.25) is 0 Å². The number of alkyl halides is 3.